The third-order valence-electron chi connectivity index (χ3n) is 3.46. The van der Waals surface area contributed by atoms with Crippen molar-refractivity contribution in [3.63, 3.8) is 0 Å². The average molecular weight is 320 g/mol. The van der Waals surface area contributed by atoms with Gasteiger partial charge in [0, 0.05) is 21.3 Å². The van der Waals surface area contributed by atoms with Crippen LogP contribution >= 0.6 is 0 Å². The minimum Gasteiger partial charge on any atom is -0.375 e. The summed E-state index contributed by atoms with van der Waals surface area (Å²) in [6, 6.07) is 0. The highest BCUT2D eigenvalue weighted by molar-refractivity contribution is 6.36. The molecular weight excluding hydrogens is 280 g/mol. The van der Waals surface area contributed by atoms with Gasteiger partial charge in [-0.2, -0.15) is 0 Å². The lowest BCUT2D eigenvalue weighted by Gasteiger charge is -2.02. The molecule has 0 N–H and O–H groups in total. The van der Waals surface area contributed by atoms with E-state index >= 15 is 0 Å². The molecule has 4 heteroatoms. The molecule has 0 spiro atoms. The quantitative estimate of drug-likeness (QED) is 0.307. The van der Waals surface area contributed by atoms with Crippen LogP contribution in [-0.2, 0) is 13.3 Å². The minimum atomic E-state index is -1.36. The predicted molar refractivity (Wildman–Crippen MR) is 93.5 cm³/mol. The SMILES string of the molecule is CCCCCCCCCCCCCC.CO[Si](OC)OC. The van der Waals surface area contributed by atoms with Gasteiger partial charge in [0.25, 0.3) is 0 Å². The Labute approximate surface area is 135 Å². The van der Waals surface area contributed by atoms with Gasteiger partial charge in [0.05, 0.1) is 0 Å². The second-order valence-corrected chi connectivity index (χ2v) is 7.12. The molecule has 0 atom stereocenters. The molecular formula is C17H39O3Si. The summed E-state index contributed by atoms with van der Waals surface area (Å²) in [5.41, 5.74) is 0. The van der Waals surface area contributed by atoms with E-state index in [9.17, 15) is 0 Å². The molecule has 1 radical (unpaired) electrons. The first-order valence-electron chi connectivity index (χ1n) is 8.75. The summed E-state index contributed by atoms with van der Waals surface area (Å²) in [7, 11) is 3.31. The molecule has 0 unspecified atom stereocenters. The first-order chi connectivity index (χ1) is 10.3. The molecule has 0 aromatic carbocycles. The van der Waals surface area contributed by atoms with Crippen LogP contribution in [0.25, 0.3) is 0 Å². The van der Waals surface area contributed by atoms with Crippen LogP contribution in [0.15, 0.2) is 0 Å². The topological polar surface area (TPSA) is 27.7 Å². The molecule has 0 aliphatic heterocycles. The molecule has 0 aliphatic rings. The number of hydrogen-bond donors (Lipinski definition) is 0. The molecule has 0 heterocycles. The highest BCUT2D eigenvalue weighted by atomic mass is 28.3. The fourth-order valence-electron chi connectivity index (χ4n) is 2.16. The van der Waals surface area contributed by atoms with E-state index in [1.807, 2.05) is 0 Å². The van der Waals surface area contributed by atoms with Crippen LogP contribution in [-0.4, -0.2) is 30.9 Å². The highest BCUT2D eigenvalue weighted by Crippen LogP contribution is 2.11. The normalized spacial score (nSPS) is 10.6. The largest absolute Gasteiger partial charge is 0.576 e. The molecule has 0 saturated heterocycles. The van der Waals surface area contributed by atoms with Gasteiger partial charge in [0.15, 0.2) is 0 Å². The zero-order valence-corrected chi connectivity index (χ0v) is 16.2. The molecule has 0 aromatic heterocycles. The molecule has 3 nitrogen and oxygen atoms in total. The van der Waals surface area contributed by atoms with E-state index in [0.29, 0.717) is 0 Å². The molecule has 129 valence electrons. The molecule has 21 heavy (non-hydrogen) atoms. The van der Waals surface area contributed by atoms with Crippen molar-refractivity contribution < 1.29 is 13.3 Å². The van der Waals surface area contributed by atoms with Crippen LogP contribution in [0.3, 0.4) is 0 Å². The Morgan fingerprint density at radius 2 is 0.714 bits per heavy atom. The van der Waals surface area contributed by atoms with Crippen molar-refractivity contribution in [2.75, 3.05) is 21.3 Å². The maximum absolute atomic E-state index is 4.71. The maximum Gasteiger partial charge on any atom is 0.576 e. The predicted octanol–water partition coefficient (Wildman–Crippen LogP) is 5.62. The average Bonchev–Trinajstić information content (AvgIpc) is 2.52. The van der Waals surface area contributed by atoms with Crippen LogP contribution in [0.2, 0.25) is 0 Å². The second-order valence-electron chi connectivity index (χ2n) is 5.40. The molecule has 0 bridgehead atoms. The summed E-state index contributed by atoms with van der Waals surface area (Å²) in [6.45, 7) is 4.57. The Morgan fingerprint density at radius 3 is 0.857 bits per heavy atom. The summed E-state index contributed by atoms with van der Waals surface area (Å²) in [4.78, 5) is 0. The molecule has 0 amide bonds. The van der Waals surface area contributed by atoms with E-state index in [-0.39, 0.29) is 0 Å². The zero-order valence-electron chi connectivity index (χ0n) is 15.2. The van der Waals surface area contributed by atoms with Crippen molar-refractivity contribution in [3.8, 4) is 0 Å². The van der Waals surface area contributed by atoms with Crippen LogP contribution in [0.1, 0.15) is 90.9 Å². The fraction of sp³-hybridized carbons (Fsp3) is 1.00. The third kappa shape index (κ3) is 22.5. The number of hydrogen-bond acceptors (Lipinski definition) is 3. The second kappa shape index (κ2) is 22.4. The van der Waals surface area contributed by atoms with E-state index < -0.39 is 9.53 Å². The first-order valence-corrected chi connectivity index (χ1v) is 9.98. The van der Waals surface area contributed by atoms with Gasteiger partial charge in [-0.15, -0.1) is 0 Å². The van der Waals surface area contributed by atoms with Crippen molar-refractivity contribution in [1.82, 2.24) is 0 Å². The van der Waals surface area contributed by atoms with Crippen molar-refractivity contribution in [3.05, 3.63) is 0 Å². The van der Waals surface area contributed by atoms with Crippen molar-refractivity contribution in [1.29, 1.82) is 0 Å². The van der Waals surface area contributed by atoms with Gasteiger partial charge in [-0.1, -0.05) is 90.9 Å². The monoisotopic (exact) mass is 319 g/mol. The molecule has 0 fully saturated rings. The summed E-state index contributed by atoms with van der Waals surface area (Å²) in [5.74, 6) is 0. The maximum atomic E-state index is 4.71. The number of rotatable bonds is 14. The van der Waals surface area contributed by atoms with Crippen molar-refractivity contribution in [2.24, 2.45) is 0 Å². The van der Waals surface area contributed by atoms with Crippen LogP contribution in [0.4, 0.5) is 0 Å². The Morgan fingerprint density at radius 1 is 0.476 bits per heavy atom. The van der Waals surface area contributed by atoms with E-state index in [1.165, 1.54) is 77.0 Å². The lowest BCUT2D eigenvalue weighted by molar-refractivity contribution is 0.163. The fourth-order valence-corrected chi connectivity index (χ4v) is 2.66. The number of unbranched alkanes of at least 4 members (excludes halogenated alkanes) is 11. The van der Waals surface area contributed by atoms with Gasteiger partial charge in [0.2, 0.25) is 0 Å². The summed E-state index contributed by atoms with van der Waals surface area (Å²) < 4.78 is 14.1. The minimum absolute atomic E-state index is 1.36. The van der Waals surface area contributed by atoms with E-state index in [0.717, 1.165) is 0 Å². The van der Waals surface area contributed by atoms with Crippen LogP contribution in [0, 0.1) is 0 Å². The summed E-state index contributed by atoms with van der Waals surface area (Å²) in [6.07, 6.45) is 17.4. The van der Waals surface area contributed by atoms with Gasteiger partial charge in [-0.3, -0.25) is 0 Å². The first kappa shape index (κ1) is 23.4. The van der Waals surface area contributed by atoms with Gasteiger partial charge < -0.3 is 13.3 Å². The summed E-state index contributed by atoms with van der Waals surface area (Å²) in [5, 5.41) is 0. The third-order valence-corrected chi connectivity index (χ3v) is 4.46. The van der Waals surface area contributed by atoms with E-state index in [2.05, 4.69) is 13.8 Å². The standard InChI is InChI=1S/C14H30.C3H9O3Si/c1-3-5-7-9-11-13-14-12-10-8-6-4-2;1-4-7(5-2)6-3/h3-14H2,1-2H3;1-3H3. The molecule has 0 aromatic rings. The van der Waals surface area contributed by atoms with Crippen molar-refractivity contribution >= 4 is 9.53 Å². The zero-order chi connectivity index (χ0) is 16.2. The van der Waals surface area contributed by atoms with Gasteiger partial charge in [0.1, 0.15) is 0 Å². The van der Waals surface area contributed by atoms with Crippen LogP contribution in [0.5, 0.6) is 0 Å². The van der Waals surface area contributed by atoms with Crippen molar-refractivity contribution in [2.45, 2.75) is 90.9 Å². The smallest absolute Gasteiger partial charge is 0.375 e. The molecule has 0 rings (SSSR count). The lowest BCUT2D eigenvalue weighted by Crippen LogP contribution is -2.21. The molecule has 0 aliphatic carbocycles. The Bertz CT molecular complexity index is 147. The van der Waals surface area contributed by atoms with Gasteiger partial charge in [-0.25, -0.2) is 0 Å². The van der Waals surface area contributed by atoms with Gasteiger partial charge >= 0.3 is 9.53 Å². The summed E-state index contributed by atoms with van der Waals surface area (Å²) >= 11 is 0. The Hall–Kier alpha value is 0.0969. The van der Waals surface area contributed by atoms with Crippen LogP contribution < -0.4 is 0 Å². The molecule has 0 saturated carbocycles. The highest BCUT2D eigenvalue weighted by Gasteiger charge is 2.09. The Balaban J connectivity index is 0. The lowest BCUT2D eigenvalue weighted by atomic mass is 10.1. The Kier molecular flexibility index (Phi) is 24.9. The van der Waals surface area contributed by atoms with E-state index in [1.54, 1.807) is 21.3 Å². The van der Waals surface area contributed by atoms with Gasteiger partial charge in [-0.05, 0) is 0 Å². The van der Waals surface area contributed by atoms with E-state index in [4.69, 9.17) is 13.3 Å².